The molecule has 1 N–H and O–H groups in total. The standard InChI is InChI=1S/C28H28F5N9O4S/c1-41-14-17(9-38-41)22-12-36-24(13-35-22)42(27(43)46-15-23(29)30)19-5-3-18(4-6-19)39-26-37-11-21(28(31,32)33)25(40-26)16-7-20(10-34-8-16)47(2,44)45/h7-14,18-19,23H,3-6,15H2,1-2H3,(H,37,39,40). The molecular weight excluding hydrogens is 653 g/mol. The van der Waals surface area contributed by atoms with E-state index in [2.05, 4.69) is 35.3 Å². The summed E-state index contributed by atoms with van der Waals surface area (Å²) in [5.41, 5.74) is -0.734. The summed E-state index contributed by atoms with van der Waals surface area (Å²) in [7, 11) is -2.03. The van der Waals surface area contributed by atoms with Gasteiger partial charge in [0.25, 0.3) is 6.43 Å². The number of amides is 1. The van der Waals surface area contributed by atoms with E-state index in [9.17, 15) is 35.2 Å². The van der Waals surface area contributed by atoms with Crippen LogP contribution in [0.25, 0.3) is 22.5 Å². The predicted molar refractivity (Wildman–Crippen MR) is 157 cm³/mol. The van der Waals surface area contributed by atoms with E-state index in [0.717, 1.165) is 24.7 Å². The number of hydrogen-bond acceptors (Lipinski definition) is 11. The van der Waals surface area contributed by atoms with Gasteiger partial charge in [-0.05, 0) is 31.7 Å². The molecule has 5 rings (SSSR count). The van der Waals surface area contributed by atoms with Gasteiger partial charge >= 0.3 is 12.3 Å². The van der Waals surface area contributed by atoms with Crippen molar-refractivity contribution >= 4 is 27.7 Å². The number of rotatable bonds is 9. The van der Waals surface area contributed by atoms with Crippen LogP contribution >= 0.6 is 0 Å². The van der Waals surface area contributed by atoms with E-state index in [1.807, 2.05) is 0 Å². The summed E-state index contributed by atoms with van der Waals surface area (Å²) >= 11 is 0. The SMILES string of the molecule is Cn1cc(-c2cnc(N(C(=O)OCC(F)F)C3CCC(Nc4ncc(C(F)(F)F)c(-c5cncc(S(C)(=O)=O)c5)n4)CC3)cn2)cn1. The van der Waals surface area contributed by atoms with E-state index in [1.54, 1.807) is 24.1 Å². The minimum Gasteiger partial charge on any atom is -0.443 e. The lowest BCUT2D eigenvalue weighted by Crippen LogP contribution is -2.45. The number of sulfone groups is 1. The minimum absolute atomic E-state index is 0.0916. The van der Waals surface area contributed by atoms with Crippen LogP contribution in [0.3, 0.4) is 0 Å². The number of pyridine rings is 1. The zero-order valence-electron chi connectivity index (χ0n) is 24.9. The fourth-order valence-corrected chi connectivity index (χ4v) is 5.67. The molecule has 1 aliphatic rings. The van der Waals surface area contributed by atoms with Gasteiger partial charge in [0.05, 0.1) is 34.9 Å². The van der Waals surface area contributed by atoms with Crippen molar-refractivity contribution in [1.82, 2.24) is 34.7 Å². The summed E-state index contributed by atoms with van der Waals surface area (Å²) in [6.07, 6.45) is 2.39. The minimum atomic E-state index is -4.84. The molecule has 0 spiro atoms. The molecule has 19 heteroatoms. The maximum absolute atomic E-state index is 13.9. The molecule has 0 aliphatic heterocycles. The third-order valence-electron chi connectivity index (χ3n) is 7.32. The highest BCUT2D eigenvalue weighted by molar-refractivity contribution is 7.90. The highest BCUT2D eigenvalue weighted by Gasteiger charge is 2.37. The Labute approximate surface area is 265 Å². The van der Waals surface area contributed by atoms with Crippen LogP contribution in [0, 0.1) is 0 Å². The van der Waals surface area contributed by atoms with Gasteiger partial charge in [-0.1, -0.05) is 0 Å². The lowest BCUT2D eigenvalue weighted by Gasteiger charge is -2.35. The normalized spacial score (nSPS) is 17.0. The molecule has 4 heterocycles. The molecule has 0 bridgehead atoms. The highest BCUT2D eigenvalue weighted by Crippen LogP contribution is 2.37. The number of aromatic nitrogens is 7. The Hall–Kier alpha value is -4.81. The van der Waals surface area contributed by atoms with Gasteiger partial charge in [-0.2, -0.15) is 18.3 Å². The number of anilines is 2. The number of aryl methyl sites for hydroxylation is 1. The Morgan fingerprint density at radius 2 is 1.79 bits per heavy atom. The Bertz CT molecular complexity index is 1830. The summed E-state index contributed by atoms with van der Waals surface area (Å²) in [5, 5.41) is 7.09. The molecular formula is C28H28F5N9O4S. The second-order valence-electron chi connectivity index (χ2n) is 10.8. The summed E-state index contributed by atoms with van der Waals surface area (Å²) in [6.45, 7) is -1.11. The molecule has 4 aromatic rings. The molecule has 0 aromatic carbocycles. The van der Waals surface area contributed by atoms with Crippen molar-refractivity contribution in [2.75, 3.05) is 23.1 Å². The van der Waals surface area contributed by atoms with Crippen molar-refractivity contribution in [3.63, 3.8) is 0 Å². The van der Waals surface area contributed by atoms with Crippen LogP contribution < -0.4 is 10.2 Å². The van der Waals surface area contributed by atoms with Crippen molar-refractivity contribution in [2.24, 2.45) is 7.05 Å². The third-order valence-corrected chi connectivity index (χ3v) is 8.40. The second kappa shape index (κ2) is 13.5. The van der Waals surface area contributed by atoms with Gasteiger partial charge in [-0.3, -0.25) is 19.5 Å². The fourth-order valence-electron chi connectivity index (χ4n) is 5.07. The van der Waals surface area contributed by atoms with E-state index >= 15 is 0 Å². The van der Waals surface area contributed by atoms with Crippen molar-refractivity contribution in [3.05, 3.63) is 55.0 Å². The smallest absolute Gasteiger partial charge is 0.419 e. The maximum Gasteiger partial charge on any atom is 0.419 e. The number of nitrogens with one attached hydrogen (secondary N) is 1. The first-order valence-electron chi connectivity index (χ1n) is 14.1. The van der Waals surface area contributed by atoms with Crippen molar-refractivity contribution < 1.29 is 39.9 Å². The molecule has 250 valence electrons. The number of hydrogen-bond donors (Lipinski definition) is 1. The first-order valence-corrected chi connectivity index (χ1v) is 16.0. The first kappa shape index (κ1) is 33.6. The van der Waals surface area contributed by atoms with Gasteiger partial charge in [0, 0.05) is 61.3 Å². The number of halogens is 5. The van der Waals surface area contributed by atoms with Crippen LogP contribution in [0.1, 0.15) is 31.2 Å². The molecule has 47 heavy (non-hydrogen) atoms. The van der Waals surface area contributed by atoms with Crippen molar-refractivity contribution in [2.45, 2.75) is 55.3 Å². The number of carbonyl (C=O) groups excluding carboxylic acids is 1. The van der Waals surface area contributed by atoms with E-state index in [0.29, 0.717) is 43.1 Å². The lowest BCUT2D eigenvalue weighted by atomic mass is 9.90. The highest BCUT2D eigenvalue weighted by atomic mass is 32.2. The van der Waals surface area contributed by atoms with Crippen LogP contribution in [-0.4, -0.2) is 80.6 Å². The summed E-state index contributed by atoms with van der Waals surface area (Å²) in [5.74, 6) is -0.0415. The number of alkyl halides is 5. The predicted octanol–water partition coefficient (Wildman–Crippen LogP) is 4.78. The van der Waals surface area contributed by atoms with Crippen LogP contribution in [0.15, 0.2) is 54.3 Å². The average molecular weight is 682 g/mol. The van der Waals surface area contributed by atoms with Crippen LogP contribution in [0.5, 0.6) is 0 Å². The van der Waals surface area contributed by atoms with E-state index < -0.39 is 52.4 Å². The zero-order valence-corrected chi connectivity index (χ0v) is 25.7. The number of nitrogens with zero attached hydrogens (tertiary/aromatic N) is 8. The second-order valence-corrected chi connectivity index (χ2v) is 12.8. The van der Waals surface area contributed by atoms with E-state index in [1.165, 1.54) is 17.3 Å². The molecule has 4 aromatic heterocycles. The molecule has 0 saturated heterocycles. The maximum atomic E-state index is 13.9. The summed E-state index contributed by atoms with van der Waals surface area (Å²) in [6, 6.07) is 0.197. The van der Waals surface area contributed by atoms with Crippen LogP contribution in [0.2, 0.25) is 0 Å². The largest absolute Gasteiger partial charge is 0.443 e. The zero-order chi connectivity index (χ0) is 33.9. The van der Waals surface area contributed by atoms with Crippen molar-refractivity contribution in [3.8, 4) is 22.5 Å². The van der Waals surface area contributed by atoms with Crippen molar-refractivity contribution in [1.29, 1.82) is 0 Å². The summed E-state index contributed by atoms with van der Waals surface area (Å²) in [4.78, 5) is 34.2. The van der Waals surface area contributed by atoms with Gasteiger partial charge in [-0.15, -0.1) is 0 Å². The Kier molecular flexibility index (Phi) is 9.64. The quantitative estimate of drug-likeness (QED) is 0.242. The van der Waals surface area contributed by atoms with Gasteiger partial charge in [0.2, 0.25) is 5.95 Å². The molecule has 0 radical (unpaired) electrons. The Morgan fingerprint density at radius 1 is 1.04 bits per heavy atom. The van der Waals surface area contributed by atoms with Crippen LogP contribution in [-0.2, 0) is 27.8 Å². The molecule has 1 saturated carbocycles. The van der Waals surface area contributed by atoms with Crippen LogP contribution in [0.4, 0.5) is 38.5 Å². The number of carbonyl (C=O) groups is 1. The molecule has 1 fully saturated rings. The van der Waals surface area contributed by atoms with E-state index in [-0.39, 0.29) is 28.3 Å². The monoisotopic (exact) mass is 681 g/mol. The fraction of sp³-hybridized carbons (Fsp3) is 0.393. The van der Waals surface area contributed by atoms with Gasteiger partial charge < -0.3 is 10.1 Å². The topological polar surface area (TPSA) is 158 Å². The third kappa shape index (κ3) is 8.13. The number of ether oxygens (including phenoxy) is 1. The summed E-state index contributed by atoms with van der Waals surface area (Å²) < 4.78 is 97.7. The molecule has 0 atom stereocenters. The van der Waals surface area contributed by atoms with Gasteiger partial charge in [0.1, 0.15) is 5.56 Å². The van der Waals surface area contributed by atoms with Gasteiger partial charge in [0.15, 0.2) is 22.3 Å². The van der Waals surface area contributed by atoms with Gasteiger partial charge in [-0.25, -0.2) is 36.9 Å². The molecule has 1 aliphatic carbocycles. The molecule has 1 amide bonds. The Morgan fingerprint density at radius 3 is 2.38 bits per heavy atom. The van der Waals surface area contributed by atoms with E-state index in [4.69, 9.17) is 4.74 Å². The average Bonchev–Trinajstić information content (AvgIpc) is 3.46. The first-order chi connectivity index (χ1) is 22.2. The molecule has 13 nitrogen and oxygen atoms in total. The lowest BCUT2D eigenvalue weighted by molar-refractivity contribution is -0.137. The molecule has 0 unspecified atom stereocenters. The Balaban J connectivity index is 1.34.